The standard InChI is InChI=1S/C20H23Cl2N3O/c21-17-5-4-6-18(20(17)22)24-19(26)11-12-23-15-7-9-16(10-8-15)25-13-2-1-3-14-25/h4-10,23H,1-3,11-14H2,(H,24,26). The molecule has 1 heterocycles. The van der Waals surface area contributed by atoms with Gasteiger partial charge >= 0.3 is 0 Å². The molecule has 0 aliphatic carbocycles. The van der Waals surface area contributed by atoms with Gasteiger partial charge in [-0.3, -0.25) is 4.79 Å². The lowest BCUT2D eigenvalue weighted by Crippen LogP contribution is -2.29. The topological polar surface area (TPSA) is 44.4 Å². The SMILES string of the molecule is O=C(CCNc1ccc(N2CCCCC2)cc1)Nc1cccc(Cl)c1Cl. The lowest BCUT2D eigenvalue weighted by molar-refractivity contribution is -0.115. The first-order chi connectivity index (χ1) is 12.6. The predicted octanol–water partition coefficient (Wildman–Crippen LogP) is 5.42. The summed E-state index contributed by atoms with van der Waals surface area (Å²) in [6, 6.07) is 13.6. The smallest absolute Gasteiger partial charge is 0.226 e. The normalized spacial score (nSPS) is 14.2. The van der Waals surface area contributed by atoms with Gasteiger partial charge in [-0.05, 0) is 55.7 Å². The molecule has 0 radical (unpaired) electrons. The van der Waals surface area contributed by atoms with E-state index in [9.17, 15) is 4.79 Å². The molecule has 138 valence electrons. The highest BCUT2D eigenvalue weighted by Crippen LogP contribution is 2.29. The van der Waals surface area contributed by atoms with Gasteiger partial charge in [-0.1, -0.05) is 29.3 Å². The van der Waals surface area contributed by atoms with Crippen LogP contribution >= 0.6 is 23.2 Å². The van der Waals surface area contributed by atoms with E-state index in [0.29, 0.717) is 28.7 Å². The summed E-state index contributed by atoms with van der Waals surface area (Å²) in [7, 11) is 0. The Morgan fingerprint density at radius 2 is 1.73 bits per heavy atom. The molecule has 0 unspecified atom stereocenters. The average molecular weight is 392 g/mol. The van der Waals surface area contributed by atoms with Crippen molar-refractivity contribution in [2.24, 2.45) is 0 Å². The fraction of sp³-hybridized carbons (Fsp3) is 0.350. The minimum Gasteiger partial charge on any atom is -0.385 e. The zero-order chi connectivity index (χ0) is 18.4. The van der Waals surface area contributed by atoms with Crippen molar-refractivity contribution in [1.29, 1.82) is 0 Å². The number of carbonyl (C=O) groups excluding carboxylic acids is 1. The van der Waals surface area contributed by atoms with Gasteiger partial charge in [-0.15, -0.1) is 0 Å². The van der Waals surface area contributed by atoms with Crippen LogP contribution in [-0.4, -0.2) is 25.5 Å². The molecule has 1 fully saturated rings. The van der Waals surface area contributed by atoms with Crippen LogP contribution in [0.2, 0.25) is 10.0 Å². The van der Waals surface area contributed by atoms with Gasteiger partial charge in [0.25, 0.3) is 0 Å². The molecule has 26 heavy (non-hydrogen) atoms. The van der Waals surface area contributed by atoms with Crippen molar-refractivity contribution < 1.29 is 4.79 Å². The molecule has 2 aromatic rings. The Kier molecular flexibility index (Phi) is 6.64. The molecule has 1 saturated heterocycles. The van der Waals surface area contributed by atoms with Gasteiger partial charge < -0.3 is 15.5 Å². The molecule has 2 aromatic carbocycles. The van der Waals surface area contributed by atoms with Gasteiger partial charge in [-0.2, -0.15) is 0 Å². The van der Waals surface area contributed by atoms with Crippen LogP contribution in [-0.2, 0) is 4.79 Å². The second-order valence-corrected chi connectivity index (χ2v) is 7.21. The zero-order valence-corrected chi connectivity index (χ0v) is 16.1. The number of anilines is 3. The van der Waals surface area contributed by atoms with Crippen molar-refractivity contribution in [3.8, 4) is 0 Å². The van der Waals surface area contributed by atoms with E-state index in [2.05, 4.69) is 39.8 Å². The molecular formula is C20H23Cl2N3O. The molecular weight excluding hydrogens is 369 g/mol. The maximum absolute atomic E-state index is 12.1. The first kappa shape index (κ1) is 18.9. The quantitative estimate of drug-likeness (QED) is 0.690. The van der Waals surface area contributed by atoms with E-state index in [4.69, 9.17) is 23.2 Å². The molecule has 3 rings (SSSR count). The number of amides is 1. The minimum absolute atomic E-state index is 0.105. The second kappa shape index (κ2) is 9.15. The maximum Gasteiger partial charge on any atom is 0.226 e. The number of rotatable bonds is 6. The molecule has 0 atom stereocenters. The van der Waals surface area contributed by atoms with Crippen LogP contribution in [0.3, 0.4) is 0 Å². The van der Waals surface area contributed by atoms with E-state index >= 15 is 0 Å². The van der Waals surface area contributed by atoms with E-state index in [1.54, 1.807) is 18.2 Å². The number of piperidine rings is 1. The number of nitrogens with zero attached hydrogens (tertiary/aromatic N) is 1. The number of benzene rings is 2. The largest absolute Gasteiger partial charge is 0.385 e. The average Bonchev–Trinajstić information content (AvgIpc) is 2.67. The Balaban J connectivity index is 1.45. The third-order valence-electron chi connectivity index (χ3n) is 4.50. The first-order valence-electron chi connectivity index (χ1n) is 8.96. The number of carbonyl (C=O) groups is 1. The van der Waals surface area contributed by atoms with Crippen LogP contribution in [0.4, 0.5) is 17.1 Å². The van der Waals surface area contributed by atoms with Crippen molar-refractivity contribution in [2.75, 3.05) is 35.2 Å². The van der Waals surface area contributed by atoms with Gasteiger partial charge in [0.2, 0.25) is 5.91 Å². The van der Waals surface area contributed by atoms with Crippen molar-refractivity contribution in [3.63, 3.8) is 0 Å². The number of hydrogen-bond acceptors (Lipinski definition) is 3. The summed E-state index contributed by atoms with van der Waals surface area (Å²) in [5, 5.41) is 6.86. The number of nitrogens with one attached hydrogen (secondary N) is 2. The lowest BCUT2D eigenvalue weighted by atomic mass is 10.1. The van der Waals surface area contributed by atoms with Crippen LogP contribution in [0.1, 0.15) is 25.7 Å². The number of hydrogen-bond donors (Lipinski definition) is 2. The molecule has 4 nitrogen and oxygen atoms in total. The van der Waals surface area contributed by atoms with Crippen molar-refractivity contribution >= 4 is 46.2 Å². The minimum atomic E-state index is -0.105. The fourth-order valence-electron chi connectivity index (χ4n) is 3.08. The summed E-state index contributed by atoms with van der Waals surface area (Å²) < 4.78 is 0. The fourth-order valence-corrected chi connectivity index (χ4v) is 3.42. The van der Waals surface area contributed by atoms with Crippen molar-refractivity contribution in [3.05, 3.63) is 52.5 Å². The molecule has 0 saturated carbocycles. The molecule has 0 aromatic heterocycles. The predicted molar refractivity (Wildman–Crippen MR) is 111 cm³/mol. The summed E-state index contributed by atoms with van der Waals surface area (Å²) >= 11 is 12.0. The van der Waals surface area contributed by atoms with Gasteiger partial charge in [0.15, 0.2) is 0 Å². The van der Waals surface area contributed by atoms with E-state index in [1.807, 2.05) is 0 Å². The van der Waals surface area contributed by atoms with E-state index < -0.39 is 0 Å². The monoisotopic (exact) mass is 391 g/mol. The Morgan fingerprint density at radius 1 is 1.00 bits per heavy atom. The van der Waals surface area contributed by atoms with Crippen LogP contribution in [0.15, 0.2) is 42.5 Å². The Bertz CT molecular complexity index is 743. The van der Waals surface area contributed by atoms with Gasteiger partial charge in [0.1, 0.15) is 0 Å². The third kappa shape index (κ3) is 5.05. The molecule has 1 aliphatic rings. The van der Waals surface area contributed by atoms with Gasteiger partial charge in [-0.25, -0.2) is 0 Å². The maximum atomic E-state index is 12.1. The molecule has 6 heteroatoms. The summed E-state index contributed by atoms with van der Waals surface area (Å²) in [5.41, 5.74) is 2.82. The van der Waals surface area contributed by atoms with Crippen molar-refractivity contribution in [1.82, 2.24) is 0 Å². The third-order valence-corrected chi connectivity index (χ3v) is 5.31. The number of halogens is 2. The lowest BCUT2D eigenvalue weighted by Gasteiger charge is -2.28. The van der Waals surface area contributed by atoms with Crippen LogP contribution in [0, 0.1) is 0 Å². The molecule has 1 amide bonds. The van der Waals surface area contributed by atoms with Crippen LogP contribution in [0.25, 0.3) is 0 Å². The summed E-state index contributed by atoms with van der Waals surface area (Å²) in [6.07, 6.45) is 4.22. The van der Waals surface area contributed by atoms with Crippen LogP contribution in [0.5, 0.6) is 0 Å². The molecule has 1 aliphatic heterocycles. The van der Waals surface area contributed by atoms with Gasteiger partial charge in [0.05, 0.1) is 15.7 Å². The van der Waals surface area contributed by atoms with Crippen LogP contribution < -0.4 is 15.5 Å². The summed E-state index contributed by atoms with van der Waals surface area (Å²) in [6.45, 7) is 2.82. The second-order valence-electron chi connectivity index (χ2n) is 6.42. The highest BCUT2D eigenvalue weighted by molar-refractivity contribution is 6.43. The van der Waals surface area contributed by atoms with E-state index in [-0.39, 0.29) is 5.91 Å². The first-order valence-corrected chi connectivity index (χ1v) is 9.72. The molecule has 0 spiro atoms. The highest BCUT2D eigenvalue weighted by Gasteiger charge is 2.11. The summed E-state index contributed by atoms with van der Waals surface area (Å²) in [5.74, 6) is -0.105. The van der Waals surface area contributed by atoms with E-state index in [1.165, 1.54) is 24.9 Å². The van der Waals surface area contributed by atoms with Crippen molar-refractivity contribution in [2.45, 2.75) is 25.7 Å². The Morgan fingerprint density at radius 3 is 2.46 bits per heavy atom. The van der Waals surface area contributed by atoms with Gasteiger partial charge in [0, 0.05) is 37.4 Å². The zero-order valence-electron chi connectivity index (χ0n) is 14.6. The molecule has 0 bridgehead atoms. The Labute approximate surface area is 164 Å². The summed E-state index contributed by atoms with van der Waals surface area (Å²) in [4.78, 5) is 14.5. The molecule has 2 N–H and O–H groups in total. The Hall–Kier alpha value is -1.91. The highest BCUT2D eigenvalue weighted by atomic mass is 35.5. The van der Waals surface area contributed by atoms with E-state index in [0.717, 1.165) is 18.8 Å².